The minimum absolute atomic E-state index is 0.0749. The van der Waals surface area contributed by atoms with Crippen molar-refractivity contribution in [2.75, 3.05) is 12.3 Å². The summed E-state index contributed by atoms with van der Waals surface area (Å²) in [5.41, 5.74) is 0. The van der Waals surface area contributed by atoms with Gasteiger partial charge in [-0.3, -0.25) is 15.2 Å². The summed E-state index contributed by atoms with van der Waals surface area (Å²) in [5.74, 6) is 0.303. The Morgan fingerprint density at radius 1 is 1.43 bits per heavy atom. The molecule has 0 aliphatic rings. The number of aromatic nitrogens is 3. The minimum Gasteiger partial charge on any atom is -0.338 e. The molecule has 0 saturated carbocycles. The van der Waals surface area contributed by atoms with Gasteiger partial charge in [0.05, 0.1) is 5.75 Å². The lowest BCUT2D eigenvalue weighted by Gasteiger charge is -2.04. The Labute approximate surface area is 142 Å². The van der Waals surface area contributed by atoms with Crippen molar-refractivity contribution in [1.82, 2.24) is 25.8 Å². The first kappa shape index (κ1) is 17.2. The first-order chi connectivity index (χ1) is 11.2. The highest BCUT2D eigenvalue weighted by Gasteiger charge is 2.09. The number of thioether (sulfide) groups is 1. The van der Waals surface area contributed by atoms with Crippen molar-refractivity contribution in [1.29, 1.82) is 0 Å². The molecule has 2 aromatic heterocycles. The van der Waals surface area contributed by atoms with Gasteiger partial charge in [0.25, 0.3) is 0 Å². The molecule has 3 N–H and O–H groups in total. The van der Waals surface area contributed by atoms with Crippen molar-refractivity contribution in [3.63, 3.8) is 0 Å². The second kappa shape index (κ2) is 9.11. The first-order valence-corrected chi connectivity index (χ1v) is 8.88. The third kappa shape index (κ3) is 6.25. The molecule has 3 amide bonds. The molecular weight excluding hydrogens is 334 g/mol. The Morgan fingerprint density at radius 3 is 3.04 bits per heavy atom. The number of amides is 3. The number of rotatable bonds is 7. The van der Waals surface area contributed by atoms with Crippen molar-refractivity contribution < 1.29 is 9.59 Å². The smallest absolute Gasteiger partial charge is 0.321 e. The topological polar surface area (TPSA) is 99.8 Å². The van der Waals surface area contributed by atoms with Crippen LogP contribution in [0.5, 0.6) is 0 Å². The van der Waals surface area contributed by atoms with E-state index in [0.29, 0.717) is 17.5 Å². The summed E-state index contributed by atoms with van der Waals surface area (Å²) in [5, 5.41) is 14.1. The predicted molar refractivity (Wildman–Crippen MR) is 92.2 cm³/mol. The zero-order chi connectivity index (χ0) is 16.5. The average Bonchev–Trinajstić information content (AvgIpc) is 3.20. The molecule has 0 unspecified atom stereocenters. The van der Waals surface area contributed by atoms with Gasteiger partial charge in [-0.25, -0.2) is 9.78 Å². The fraction of sp³-hybridized carbons (Fsp3) is 0.286. The molecule has 0 radical (unpaired) electrons. The molecule has 7 nitrogen and oxygen atoms in total. The van der Waals surface area contributed by atoms with Crippen LogP contribution >= 0.6 is 23.1 Å². The maximum Gasteiger partial charge on any atom is 0.321 e. The predicted octanol–water partition coefficient (Wildman–Crippen LogP) is 2.36. The van der Waals surface area contributed by atoms with Gasteiger partial charge in [-0.15, -0.1) is 16.4 Å². The lowest BCUT2D eigenvalue weighted by atomic mass is 10.4. The molecule has 0 aliphatic carbocycles. The van der Waals surface area contributed by atoms with Crippen molar-refractivity contribution in [2.24, 2.45) is 0 Å². The van der Waals surface area contributed by atoms with Gasteiger partial charge in [-0.2, -0.15) is 0 Å². The number of H-pyrrole nitrogens is 1. The van der Waals surface area contributed by atoms with Crippen LogP contribution in [0.4, 0.5) is 4.79 Å². The number of carbonyl (C=O) groups is 2. The van der Waals surface area contributed by atoms with Gasteiger partial charge in [-0.05, 0) is 30.0 Å². The van der Waals surface area contributed by atoms with E-state index in [0.717, 1.165) is 23.1 Å². The van der Waals surface area contributed by atoms with Gasteiger partial charge in [0.15, 0.2) is 0 Å². The third-order valence-electron chi connectivity index (χ3n) is 2.55. The van der Waals surface area contributed by atoms with Gasteiger partial charge in [0.1, 0.15) is 5.82 Å². The van der Waals surface area contributed by atoms with Crippen LogP contribution in [0.15, 0.2) is 22.7 Å². The average molecular weight is 351 g/mol. The number of hydrogen-bond acceptors (Lipinski definition) is 6. The molecule has 0 fully saturated rings. The molecule has 0 saturated heterocycles. The van der Waals surface area contributed by atoms with Gasteiger partial charge < -0.3 is 5.32 Å². The van der Waals surface area contributed by atoms with E-state index in [2.05, 4.69) is 25.8 Å². The van der Waals surface area contributed by atoms with Crippen LogP contribution < -0.4 is 10.6 Å². The highest BCUT2D eigenvalue weighted by molar-refractivity contribution is 7.99. The maximum absolute atomic E-state index is 11.6. The number of nitrogens with zero attached hydrogens (tertiary/aromatic N) is 2. The SMILES string of the molecule is CCCNC(=O)NC(=O)CSc1n[nH]c(C=Cc2cccs2)n1. The molecule has 0 spiro atoms. The summed E-state index contributed by atoms with van der Waals surface area (Å²) >= 11 is 2.79. The van der Waals surface area contributed by atoms with Gasteiger partial charge in [0.2, 0.25) is 11.1 Å². The Kier molecular flexibility index (Phi) is 6.82. The number of carbonyl (C=O) groups excluding carboxylic acids is 2. The molecule has 9 heteroatoms. The first-order valence-electron chi connectivity index (χ1n) is 7.02. The summed E-state index contributed by atoms with van der Waals surface area (Å²) in [7, 11) is 0. The lowest BCUT2D eigenvalue weighted by Crippen LogP contribution is -2.40. The molecule has 2 aromatic rings. The zero-order valence-electron chi connectivity index (χ0n) is 12.5. The van der Waals surface area contributed by atoms with E-state index in [1.165, 1.54) is 0 Å². The van der Waals surface area contributed by atoms with E-state index < -0.39 is 6.03 Å². The maximum atomic E-state index is 11.6. The van der Waals surface area contributed by atoms with Crippen LogP contribution in [0.3, 0.4) is 0 Å². The van der Waals surface area contributed by atoms with Crippen LogP contribution in [-0.4, -0.2) is 39.4 Å². The van der Waals surface area contributed by atoms with Crippen LogP contribution in [-0.2, 0) is 4.79 Å². The fourth-order valence-electron chi connectivity index (χ4n) is 1.52. The number of imide groups is 1. The highest BCUT2D eigenvalue weighted by Crippen LogP contribution is 2.14. The van der Waals surface area contributed by atoms with Crippen molar-refractivity contribution in [3.8, 4) is 0 Å². The Bertz CT molecular complexity index is 667. The van der Waals surface area contributed by atoms with Gasteiger partial charge >= 0.3 is 6.03 Å². The lowest BCUT2D eigenvalue weighted by molar-refractivity contribution is -0.117. The summed E-state index contributed by atoms with van der Waals surface area (Å²) in [6, 6.07) is 3.49. The van der Waals surface area contributed by atoms with Crippen LogP contribution in [0.25, 0.3) is 12.2 Å². The zero-order valence-corrected chi connectivity index (χ0v) is 14.2. The summed E-state index contributed by atoms with van der Waals surface area (Å²) < 4.78 is 0. The number of urea groups is 1. The standard InChI is InChI=1S/C14H17N5O2S2/c1-2-7-15-13(21)17-12(20)9-23-14-16-11(18-19-14)6-5-10-4-3-8-22-10/h3-6,8H,2,7,9H2,1H3,(H,16,18,19)(H2,15,17,20,21). The molecule has 0 bridgehead atoms. The van der Waals surface area contributed by atoms with E-state index in [4.69, 9.17) is 0 Å². The number of aromatic amines is 1. The monoisotopic (exact) mass is 351 g/mol. The summed E-state index contributed by atoms with van der Waals surface area (Å²) in [6.07, 6.45) is 4.57. The van der Waals surface area contributed by atoms with E-state index in [9.17, 15) is 9.59 Å². The van der Waals surface area contributed by atoms with E-state index >= 15 is 0 Å². The normalized spacial score (nSPS) is 10.8. The summed E-state index contributed by atoms with van der Waals surface area (Å²) in [4.78, 5) is 28.3. The van der Waals surface area contributed by atoms with Crippen LogP contribution in [0.2, 0.25) is 0 Å². The molecule has 0 aromatic carbocycles. The molecule has 122 valence electrons. The second-order valence-electron chi connectivity index (χ2n) is 4.44. The van der Waals surface area contributed by atoms with E-state index in [-0.39, 0.29) is 11.7 Å². The molecule has 0 aliphatic heterocycles. The molecular formula is C14H17N5O2S2. The molecule has 23 heavy (non-hydrogen) atoms. The Hall–Kier alpha value is -2.13. The third-order valence-corrected chi connectivity index (χ3v) is 4.24. The Balaban J connectivity index is 1.76. The van der Waals surface area contributed by atoms with Crippen LogP contribution in [0.1, 0.15) is 24.0 Å². The second-order valence-corrected chi connectivity index (χ2v) is 6.37. The molecule has 2 rings (SSSR count). The Morgan fingerprint density at radius 2 is 2.30 bits per heavy atom. The van der Waals surface area contributed by atoms with E-state index in [1.54, 1.807) is 11.3 Å². The van der Waals surface area contributed by atoms with E-state index in [1.807, 2.05) is 36.6 Å². The number of hydrogen-bond donors (Lipinski definition) is 3. The van der Waals surface area contributed by atoms with Gasteiger partial charge in [0, 0.05) is 11.4 Å². The molecule has 0 atom stereocenters. The summed E-state index contributed by atoms with van der Waals surface area (Å²) in [6.45, 7) is 2.47. The largest absolute Gasteiger partial charge is 0.338 e. The van der Waals surface area contributed by atoms with Crippen LogP contribution in [0, 0.1) is 0 Å². The number of nitrogens with one attached hydrogen (secondary N) is 3. The fourth-order valence-corrected chi connectivity index (χ4v) is 2.74. The quantitative estimate of drug-likeness (QED) is 0.665. The van der Waals surface area contributed by atoms with Crippen molar-refractivity contribution >= 4 is 47.2 Å². The van der Waals surface area contributed by atoms with Gasteiger partial charge in [-0.1, -0.05) is 24.8 Å². The minimum atomic E-state index is -0.480. The number of thiophene rings is 1. The molecule has 2 heterocycles. The van der Waals surface area contributed by atoms with Crippen molar-refractivity contribution in [2.45, 2.75) is 18.5 Å². The highest BCUT2D eigenvalue weighted by atomic mass is 32.2. The van der Waals surface area contributed by atoms with Crippen molar-refractivity contribution in [3.05, 3.63) is 28.2 Å².